The molecular formula is C8H10N2O. The molecule has 1 aliphatic carbocycles. The first kappa shape index (κ1) is 6.58. The summed E-state index contributed by atoms with van der Waals surface area (Å²) in [4.78, 5) is 11.0. The molecule has 11 heavy (non-hydrogen) atoms. The van der Waals surface area contributed by atoms with E-state index in [0.717, 1.165) is 11.3 Å². The maximum absolute atomic E-state index is 11.0. The summed E-state index contributed by atoms with van der Waals surface area (Å²) in [7, 11) is 0. The van der Waals surface area contributed by atoms with E-state index in [0.29, 0.717) is 5.92 Å². The Balaban J connectivity index is 2.37. The first-order valence-corrected chi connectivity index (χ1v) is 3.83. The zero-order chi connectivity index (χ0) is 7.84. The van der Waals surface area contributed by atoms with Gasteiger partial charge in [-0.25, -0.2) is 0 Å². The number of ketones is 1. The van der Waals surface area contributed by atoms with Crippen LogP contribution in [0, 0.1) is 0 Å². The van der Waals surface area contributed by atoms with Gasteiger partial charge >= 0.3 is 0 Å². The molecular weight excluding hydrogens is 140 g/mol. The molecule has 1 aromatic heterocycles. The summed E-state index contributed by atoms with van der Waals surface area (Å²) < 4.78 is 0. The van der Waals surface area contributed by atoms with Crippen molar-refractivity contribution in [2.45, 2.75) is 25.7 Å². The highest BCUT2D eigenvalue weighted by molar-refractivity contribution is 5.95. The Bertz CT molecular complexity index is 286. The molecule has 3 nitrogen and oxygen atoms in total. The summed E-state index contributed by atoms with van der Waals surface area (Å²) in [6, 6.07) is 0. The lowest BCUT2D eigenvalue weighted by Crippen LogP contribution is -1.94. The van der Waals surface area contributed by atoms with Crippen molar-refractivity contribution >= 4 is 5.78 Å². The van der Waals surface area contributed by atoms with E-state index in [9.17, 15) is 4.79 Å². The summed E-state index contributed by atoms with van der Waals surface area (Å²) in [5.41, 5.74) is 1.81. The lowest BCUT2D eigenvalue weighted by molar-refractivity contribution is 0.101. The van der Waals surface area contributed by atoms with Gasteiger partial charge in [-0.2, -0.15) is 5.10 Å². The van der Waals surface area contributed by atoms with Crippen molar-refractivity contribution in [3.05, 3.63) is 17.5 Å². The van der Waals surface area contributed by atoms with Gasteiger partial charge in [-0.05, 0) is 19.8 Å². The first-order valence-electron chi connectivity index (χ1n) is 3.83. The van der Waals surface area contributed by atoms with Crippen LogP contribution >= 0.6 is 0 Å². The van der Waals surface area contributed by atoms with Gasteiger partial charge in [0.2, 0.25) is 0 Å². The Hall–Kier alpha value is -1.12. The van der Waals surface area contributed by atoms with Crippen molar-refractivity contribution in [3.8, 4) is 0 Å². The van der Waals surface area contributed by atoms with E-state index >= 15 is 0 Å². The predicted octanol–water partition coefficient (Wildman–Crippen LogP) is 1.49. The minimum absolute atomic E-state index is 0.112. The number of aromatic nitrogens is 2. The van der Waals surface area contributed by atoms with Crippen molar-refractivity contribution < 1.29 is 4.79 Å². The zero-order valence-electron chi connectivity index (χ0n) is 6.42. The highest BCUT2D eigenvalue weighted by atomic mass is 16.1. The SMILES string of the molecule is CC(=O)c1cn[nH]c1C1CC1. The number of carbonyl (C=O) groups excluding carboxylic acids is 1. The van der Waals surface area contributed by atoms with E-state index in [4.69, 9.17) is 0 Å². The second-order valence-electron chi connectivity index (χ2n) is 3.03. The molecule has 1 heterocycles. The third kappa shape index (κ3) is 1.06. The van der Waals surface area contributed by atoms with Gasteiger partial charge in [0.1, 0.15) is 0 Å². The van der Waals surface area contributed by atoms with Gasteiger partial charge in [-0.3, -0.25) is 9.89 Å². The van der Waals surface area contributed by atoms with E-state index in [-0.39, 0.29) is 5.78 Å². The predicted molar refractivity (Wildman–Crippen MR) is 40.6 cm³/mol. The van der Waals surface area contributed by atoms with Crippen LogP contribution in [0.1, 0.15) is 41.7 Å². The monoisotopic (exact) mass is 150 g/mol. The maximum Gasteiger partial charge on any atom is 0.163 e. The number of H-pyrrole nitrogens is 1. The van der Waals surface area contributed by atoms with Crippen molar-refractivity contribution in [2.24, 2.45) is 0 Å². The van der Waals surface area contributed by atoms with Crippen LogP contribution in [0.3, 0.4) is 0 Å². The fourth-order valence-corrected chi connectivity index (χ4v) is 1.26. The number of hydrogen-bond acceptors (Lipinski definition) is 2. The Labute approximate surface area is 64.8 Å². The average molecular weight is 150 g/mol. The molecule has 0 radical (unpaired) electrons. The number of aromatic amines is 1. The molecule has 0 amide bonds. The van der Waals surface area contributed by atoms with Crippen LogP contribution in [-0.4, -0.2) is 16.0 Å². The van der Waals surface area contributed by atoms with Crippen LogP contribution in [0.25, 0.3) is 0 Å². The van der Waals surface area contributed by atoms with E-state index in [2.05, 4.69) is 10.2 Å². The van der Waals surface area contributed by atoms with Crippen LogP contribution < -0.4 is 0 Å². The number of Topliss-reactive ketones (excluding diaryl/α,β-unsaturated/α-hetero) is 1. The molecule has 0 bridgehead atoms. The molecule has 1 fully saturated rings. The van der Waals surface area contributed by atoms with Crippen LogP contribution in [0.2, 0.25) is 0 Å². The number of carbonyl (C=O) groups is 1. The van der Waals surface area contributed by atoms with Gasteiger partial charge in [0.05, 0.1) is 11.8 Å². The minimum Gasteiger partial charge on any atom is -0.294 e. The summed E-state index contributed by atoms with van der Waals surface area (Å²) in [6.45, 7) is 1.58. The third-order valence-electron chi connectivity index (χ3n) is 2.03. The number of hydrogen-bond donors (Lipinski definition) is 1. The quantitative estimate of drug-likeness (QED) is 0.649. The van der Waals surface area contributed by atoms with Gasteiger partial charge in [-0.15, -0.1) is 0 Å². The molecule has 0 spiro atoms. The Kier molecular flexibility index (Phi) is 1.31. The van der Waals surface area contributed by atoms with Crippen molar-refractivity contribution in [1.82, 2.24) is 10.2 Å². The van der Waals surface area contributed by atoms with Crippen molar-refractivity contribution in [1.29, 1.82) is 0 Å². The smallest absolute Gasteiger partial charge is 0.163 e. The average Bonchev–Trinajstić information content (AvgIpc) is 2.68. The highest BCUT2D eigenvalue weighted by Gasteiger charge is 2.28. The maximum atomic E-state index is 11.0. The van der Waals surface area contributed by atoms with E-state index < -0.39 is 0 Å². The van der Waals surface area contributed by atoms with Crippen LogP contribution in [-0.2, 0) is 0 Å². The van der Waals surface area contributed by atoms with Gasteiger partial charge in [0.15, 0.2) is 5.78 Å². The molecule has 0 saturated heterocycles. The third-order valence-corrected chi connectivity index (χ3v) is 2.03. The van der Waals surface area contributed by atoms with Gasteiger partial charge in [0.25, 0.3) is 0 Å². The molecule has 58 valence electrons. The molecule has 1 aliphatic rings. The summed E-state index contributed by atoms with van der Waals surface area (Å²) in [5.74, 6) is 0.692. The molecule has 2 rings (SSSR count). The second kappa shape index (κ2) is 2.19. The lowest BCUT2D eigenvalue weighted by Gasteiger charge is -1.93. The molecule has 3 heteroatoms. The molecule has 1 aromatic rings. The van der Waals surface area contributed by atoms with Gasteiger partial charge in [0, 0.05) is 11.6 Å². The lowest BCUT2D eigenvalue weighted by atomic mass is 10.1. The Morgan fingerprint density at radius 1 is 1.73 bits per heavy atom. The largest absolute Gasteiger partial charge is 0.294 e. The van der Waals surface area contributed by atoms with E-state index in [1.165, 1.54) is 12.8 Å². The zero-order valence-corrected chi connectivity index (χ0v) is 6.42. The molecule has 1 saturated carbocycles. The van der Waals surface area contributed by atoms with Crippen LogP contribution in [0.4, 0.5) is 0 Å². The van der Waals surface area contributed by atoms with Crippen LogP contribution in [0.5, 0.6) is 0 Å². The molecule has 0 unspecified atom stereocenters. The highest BCUT2D eigenvalue weighted by Crippen LogP contribution is 2.40. The Morgan fingerprint density at radius 3 is 3.00 bits per heavy atom. The fourth-order valence-electron chi connectivity index (χ4n) is 1.26. The standard InChI is InChI=1S/C8H10N2O/c1-5(11)7-4-9-10-8(7)6-2-3-6/h4,6H,2-3H2,1H3,(H,9,10). The number of rotatable bonds is 2. The molecule has 1 N–H and O–H groups in total. The number of nitrogens with zero attached hydrogens (tertiary/aromatic N) is 1. The molecule has 0 atom stereocenters. The normalized spacial score (nSPS) is 16.8. The van der Waals surface area contributed by atoms with E-state index in [1.54, 1.807) is 13.1 Å². The molecule has 0 aromatic carbocycles. The second-order valence-corrected chi connectivity index (χ2v) is 3.03. The summed E-state index contributed by atoms with van der Waals surface area (Å²) in [6.07, 6.45) is 4.01. The van der Waals surface area contributed by atoms with Crippen molar-refractivity contribution in [3.63, 3.8) is 0 Å². The topological polar surface area (TPSA) is 45.8 Å². The number of nitrogens with one attached hydrogen (secondary N) is 1. The molecule has 0 aliphatic heterocycles. The fraction of sp³-hybridized carbons (Fsp3) is 0.500. The minimum atomic E-state index is 0.112. The Morgan fingerprint density at radius 2 is 2.45 bits per heavy atom. The van der Waals surface area contributed by atoms with Crippen LogP contribution in [0.15, 0.2) is 6.20 Å². The van der Waals surface area contributed by atoms with Gasteiger partial charge < -0.3 is 0 Å². The first-order chi connectivity index (χ1) is 5.29. The van der Waals surface area contributed by atoms with Gasteiger partial charge in [-0.1, -0.05) is 0 Å². The van der Waals surface area contributed by atoms with Crippen molar-refractivity contribution in [2.75, 3.05) is 0 Å². The van der Waals surface area contributed by atoms with E-state index in [1.807, 2.05) is 0 Å². The summed E-state index contributed by atoms with van der Waals surface area (Å²) in [5, 5.41) is 6.74. The summed E-state index contributed by atoms with van der Waals surface area (Å²) >= 11 is 0.